The minimum Gasteiger partial charge on any atom is -0.326 e. The van der Waals surface area contributed by atoms with Gasteiger partial charge in [0, 0.05) is 29.7 Å². The van der Waals surface area contributed by atoms with Crippen LogP contribution in [0.15, 0.2) is 53.4 Å². The first-order valence-corrected chi connectivity index (χ1v) is 10.8. The minimum atomic E-state index is -3.66. The molecule has 1 N–H and O–H groups in total. The van der Waals surface area contributed by atoms with Gasteiger partial charge in [-0.15, -0.1) is 0 Å². The van der Waals surface area contributed by atoms with Crippen molar-refractivity contribution in [3.63, 3.8) is 0 Å². The van der Waals surface area contributed by atoms with Gasteiger partial charge in [-0.2, -0.15) is 4.31 Å². The highest BCUT2D eigenvalue weighted by Crippen LogP contribution is 2.28. The van der Waals surface area contributed by atoms with Gasteiger partial charge in [0.2, 0.25) is 15.9 Å². The predicted molar refractivity (Wildman–Crippen MR) is 107 cm³/mol. The lowest BCUT2D eigenvalue weighted by atomic mass is 10.0. The van der Waals surface area contributed by atoms with E-state index in [1.54, 1.807) is 12.1 Å². The maximum absolute atomic E-state index is 13.0. The first-order chi connectivity index (χ1) is 12.9. The molecule has 1 saturated heterocycles. The molecule has 27 heavy (non-hydrogen) atoms. The third kappa shape index (κ3) is 4.89. The van der Waals surface area contributed by atoms with Crippen molar-refractivity contribution in [1.82, 2.24) is 4.31 Å². The van der Waals surface area contributed by atoms with Gasteiger partial charge in [-0.1, -0.05) is 30.2 Å². The molecular weight excluding hydrogens is 384 g/mol. The second-order valence-corrected chi connectivity index (χ2v) is 9.17. The van der Waals surface area contributed by atoms with Gasteiger partial charge >= 0.3 is 0 Å². The molecule has 1 aliphatic rings. The number of sulfonamides is 1. The number of benzene rings is 2. The molecule has 0 radical (unpaired) electrons. The maximum Gasteiger partial charge on any atom is 0.243 e. The van der Waals surface area contributed by atoms with Crippen molar-refractivity contribution in [3.8, 4) is 0 Å². The fourth-order valence-corrected chi connectivity index (χ4v) is 5.20. The molecule has 0 bridgehead atoms. The minimum absolute atomic E-state index is 0.140. The van der Waals surface area contributed by atoms with E-state index >= 15 is 0 Å². The Hall–Kier alpha value is -1.89. The number of anilines is 1. The van der Waals surface area contributed by atoms with E-state index in [1.165, 1.54) is 16.4 Å². The standard InChI is InChI=1S/C20H23ClN2O3S/c1-15-5-4-6-17(13-15)22-20(24)14-18-7-2-3-12-23(18)27(25,26)19-10-8-16(21)9-11-19/h4-6,8-11,13,18H,2-3,7,12,14H2,1H3,(H,22,24)/t18-/m1/s1. The monoisotopic (exact) mass is 406 g/mol. The van der Waals surface area contributed by atoms with Crippen LogP contribution < -0.4 is 5.32 Å². The number of carbonyl (C=O) groups is 1. The number of aryl methyl sites for hydroxylation is 1. The highest BCUT2D eigenvalue weighted by atomic mass is 35.5. The Labute approximate surface area is 165 Å². The van der Waals surface area contributed by atoms with Crippen molar-refractivity contribution >= 4 is 33.2 Å². The second-order valence-electron chi connectivity index (χ2n) is 6.84. The largest absolute Gasteiger partial charge is 0.326 e. The number of halogens is 1. The van der Waals surface area contributed by atoms with Crippen molar-refractivity contribution in [1.29, 1.82) is 0 Å². The van der Waals surface area contributed by atoms with Crippen molar-refractivity contribution < 1.29 is 13.2 Å². The number of nitrogens with zero attached hydrogens (tertiary/aromatic N) is 1. The van der Waals surface area contributed by atoms with E-state index in [0.717, 1.165) is 24.1 Å². The molecule has 0 unspecified atom stereocenters. The SMILES string of the molecule is Cc1cccc(NC(=O)C[C@H]2CCCCN2S(=O)(=O)c2ccc(Cl)cc2)c1. The van der Waals surface area contributed by atoms with Gasteiger partial charge in [-0.05, 0) is 61.7 Å². The smallest absolute Gasteiger partial charge is 0.243 e. The molecule has 2 aromatic carbocycles. The van der Waals surface area contributed by atoms with Gasteiger partial charge in [0.05, 0.1) is 4.90 Å². The summed E-state index contributed by atoms with van der Waals surface area (Å²) < 4.78 is 27.6. The summed E-state index contributed by atoms with van der Waals surface area (Å²) >= 11 is 5.87. The summed E-state index contributed by atoms with van der Waals surface area (Å²) in [6.07, 6.45) is 2.52. The highest BCUT2D eigenvalue weighted by Gasteiger charge is 2.34. The average Bonchev–Trinajstić information content (AvgIpc) is 2.62. The molecular formula is C20H23ClN2O3S. The normalized spacial score (nSPS) is 18.2. The molecule has 5 nitrogen and oxygen atoms in total. The van der Waals surface area contributed by atoms with E-state index in [2.05, 4.69) is 5.32 Å². The summed E-state index contributed by atoms with van der Waals surface area (Å²) in [4.78, 5) is 12.7. The van der Waals surface area contributed by atoms with Gasteiger partial charge in [-0.3, -0.25) is 4.79 Å². The van der Waals surface area contributed by atoms with Crippen LogP contribution in [0.1, 0.15) is 31.2 Å². The van der Waals surface area contributed by atoms with E-state index in [0.29, 0.717) is 18.0 Å². The van der Waals surface area contributed by atoms with E-state index in [4.69, 9.17) is 11.6 Å². The Morgan fingerprint density at radius 1 is 1.19 bits per heavy atom. The van der Waals surface area contributed by atoms with Crippen molar-refractivity contribution in [3.05, 3.63) is 59.1 Å². The van der Waals surface area contributed by atoms with Crippen LogP contribution in [0.3, 0.4) is 0 Å². The van der Waals surface area contributed by atoms with Crippen LogP contribution in [0.2, 0.25) is 5.02 Å². The quantitative estimate of drug-likeness (QED) is 0.808. The van der Waals surface area contributed by atoms with E-state index < -0.39 is 10.0 Å². The van der Waals surface area contributed by atoms with Crippen molar-refractivity contribution in [2.75, 3.05) is 11.9 Å². The highest BCUT2D eigenvalue weighted by molar-refractivity contribution is 7.89. The van der Waals surface area contributed by atoms with Crippen LogP contribution in [-0.4, -0.2) is 31.2 Å². The molecule has 7 heteroatoms. The lowest BCUT2D eigenvalue weighted by Crippen LogP contribution is -2.45. The molecule has 1 fully saturated rings. The molecule has 2 aromatic rings. The fraction of sp³-hybridized carbons (Fsp3) is 0.350. The van der Waals surface area contributed by atoms with Crippen molar-refractivity contribution in [2.45, 2.75) is 43.5 Å². The molecule has 0 aliphatic carbocycles. The summed E-state index contributed by atoms with van der Waals surface area (Å²) in [5.74, 6) is -0.177. The number of hydrogen-bond acceptors (Lipinski definition) is 3. The lowest BCUT2D eigenvalue weighted by molar-refractivity contribution is -0.117. The second kappa shape index (κ2) is 8.42. The first-order valence-electron chi connectivity index (χ1n) is 9.00. The molecule has 0 aromatic heterocycles. The van der Waals surface area contributed by atoms with Gasteiger partial charge in [-0.25, -0.2) is 8.42 Å². The van der Waals surface area contributed by atoms with Crippen LogP contribution in [0, 0.1) is 6.92 Å². The topological polar surface area (TPSA) is 66.5 Å². The van der Waals surface area contributed by atoms with Gasteiger partial charge in [0.25, 0.3) is 0 Å². The summed E-state index contributed by atoms with van der Waals surface area (Å²) in [6.45, 7) is 2.38. The maximum atomic E-state index is 13.0. The van der Waals surface area contributed by atoms with Crippen LogP contribution in [0.4, 0.5) is 5.69 Å². The van der Waals surface area contributed by atoms with Crippen LogP contribution in [0.25, 0.3) is 0 Å². The zero-order chi connectivity index (χ0) is 19.4. The number of hydrogen-bond donors (Lipinski definition) is 1. The van der Waals surface area contributed by atoms with E-state index in [9.17, 15) is 13.2 Å². The molecule has 144 valence electrons. The molecule has 1 heterocycles. The number of carbonyl (C=O) groups excluding carboxylic acids is 1. The zero-order valence-corrected chi connectivity index (χ0v) is 16.8. The van der Waals surface area contributed by atoms with E-state index in [-0.39, 0.29) is 23.3 Å². The Balaban J connectivity index is 1.75. The lowest BCUT2D eigenvalue weighted by Gasteiger charge is -2.34. The number of rotatable bonds is 5. The summed E-state index contributed by atoms with van der Waals surface area (Å²) in [6, 6.07) is 13.4. The summed E-state index contributed by atoms with van der Waals surface area (Å²) in [5.41, 5.74) is 1.78. The van der Waals surface area contributed by atoms with Gasteiger partial charge in [0.15, 0.2) is 0 Å². The molecule has 1 amide bonds. The summed E-state index contributed by atoms with van der Waals surface area (Å²) in [5, 5.41) is 3.36. The molecule has 1 atom stereocenters. The number of nitrogens with one attached hydrogen (secondary N) is 1. The predicted octanol–water partition coefficient (Wildman–Crippen LogP) is 4.22. The Bertz CT molecular complexity index is 913. The number of amides is 1. The summed E-state index contributed by atoms with van der Waals surface area (Å²) in [7, 11) is -3.66. The van der Waals surface area contributed by atoms with Crippen LogP contribution in [-0.2, 0) is 14.8 Å². The van der Waals surface area contributed by atoms with Crippen LogP contribution >= 0.6 is 11.6 Å². The molecule has 1 aliphatic heterocycles. The number of piperidine rings is 1. The van der Waals surface area contributed by atoms with Gasteiger partial charge in [0.1, 0.15) is 0 Å². The van der Waals surface area contributed by atoms with E-state index in [1.807, 2.05) is 31.2 Å². The molecule has 0 spiro atoms. The van der Waals surface area contributed by atoms with Gasteiger partial charge < -0.3 is 5.32 Å². The Morgan fingerprint density at radius 2 is 1.93 bits per heavy atom. The fourth-order valence-electron chi connectivity index (χ4n) is 3.39. The molecule has 3 rings (SSSR count). The van der Waals surface area contributed by atoms with Crippen molar-refractivity contribution in [2.24, 2.45) is 0 Å². The average molecular weight is 407 g/mol. The van der Waals surface area contributed by atoms with Crippen LogP contribution in [0.5, 0.6) is 0 Å². The zero-order valence-electron chi connectivity index (χ0n) is 15.2. The third-order valence-corrected chi connectivity index (χ3v) is 6.93. The molecule has 0 saturated carbocycles. The Kier molecular flexibility index (Phi) is 6.19. The third-order valence-electron chi connectivity index (χ3n) is 4.72. The Morgan fingerprint density at radius 3 is 2.63 bits per heavy atom. The first kappa shape index (κ1) is 19.9.